The number of hydrogen-bond acceptors (Lipinski definition) is 6. The third-order valence-electron chi connectivity index (χ3n) is 3.05. The van der Waals surface area contributed by atoms with Gasteiger partial charge >= 0.3 is 11.9 Å². The predicted octanol–water partition coefficient (Wildman–Crippen LogP) is -0.649. The normalized spacial score (nSPS) is 13.4. The molecule has 0 aromatic heterocycles. The van der Waals surface area contributed by atoms with Crippen molar-refractivity contribution in [3.63, 3.8) is 0 Å². The van der Waals surface area contributed by atoms with Gasteiger partial charge in [0, 0.05) is 12.3 Å². The molecule has 0 saturated heterocycles. The van der Waals surface area contributed by atoms with Crippen LogP contribution in [0.4, 0.5) is 0 Å². The van der Waals surface area contributed by atoms with Crippen LogP contribution in [0, 0.1) is 0 Å². The molecule has 2 atom stereocenters. The number of thioether (sulfide) groups is 1. The molecular formula is C13H25N3O5S. The van der Waals surface area contributed by atoms with E-state index in [0.29, 0.717) is 31.6 Å². The van der Waals surface area contributed by atoms with Crippen LogP contribution in [0.15, 0.2) is 0 Å². The number of hydrogen-bond donors (Lipinski definition) is 5. The molecule has 0 bridgehead atoms. The number of carboxylic acids is 2. The van der Waals surface area contributed by atoms with E-state index in [4.69, 9.17) is 10.2 Å². The molecule has 0 aromatic carbocycles. The zero-order valence-electron chi connectivity index (χ0n) is 12.9. The van der Waals surface area contributed by atoms with Gasteiger partial charge in [-0.25, -0.2) is 0 Å². The summed E-state index contributed by atoms with van der Waals surface area (Å²) in [5, 5.41) is 25.8. The molecule has 0 aliphatic carbocycles. The molecule has 0 aromatic rings. The minimum atomic E-state index is -0.937. The molecule has 0 heterocycles. The summed E-state index contributed by atoms with van der Waals surface area (Å²) < 4.78 is 0. The van der Waals surface area contributed by atoms with Gasteiger partial charge in [-0.1, -0.05) is 0 Å². The molecule has 0 fully saturated rings. The number of likely N-dealkylation sites (N-methyl/N-ethyl adjacent to an activating group) is 2. The maximum atomic E-state index is 11.5. The van der Waals surface area contributed by atoms with Crippen LogP contribution >= 0.6 is 11.8 Å². The van der Waals surface area contributed by atoms with E-state index < -0.39 is 24.0 Å². The number of nitrogens with one attached hydrogen (secondary N) is 3. The first kappa shape index (κ1) is 20.7. The Kier molecular flexibility index (Phi) is 11.5. The van der Waals surface area contributed by atoms with Crippen LogP contribution in [0.3, 0.4) is 0 Å². The average Bonchev–Trinajstić information content (AvgIpc) is 2.46. The minimum Gasteiger partial charge on any atom is -0.480 e. The lowest BCUT2D eigenvalue weighted by Gasteiger charge is -2.11. The van der Waals surface area contributed by atoms with Gasteiger partial charge in [-0.2, -0.15) is 0 Å². The average molecular weight is 335 g/mol. The van der Waals surface area contributed by atoms with Crippen LogP contribution < -0.4 is 16.0 Å². The van der Waals surface area contributed by atoms with E-state index in [1.165, 1.54) is 11.8 Å². The van der Waals surface area contributed by atoms with E-state index in [1.54, 1.807) is 14.1 Å². The summed E-state index contributed by atoms with van der Waals surface area (Å²) in [6.07, 6.45) is 1.92. The first-order valence-corrected chi connectivity index (χ1v) is 8.22. The maximum Gasteiger partial charge on any atom is 0.321 e. The highest BCUT2D eigenvalue weighted by molar-refractivity contribution is 8.00. The van der Waals surface area contributed by atoms with E-state index in [9.17, 15) is 14.4 Å². The lowest BCUT2D eigenvalue weighted by atomic mass is 10.1. The smallest absolute Gasteiger partial charge is 0.321 e. The summed E-state index contributed by atoms with van der Waals surface area (Å²) in [6, 6.07) is -1.21. The molecule has 22 heavy (non-hydrogen) atoms. The van der Waals surface area contributed by atoms with Crippen LogP contribution in [0.2, 0.25) is 0 Å². The molecule has 0 unspecified atom stereocenters. The largest absolute Gasteiger partial charge is 0.480 e. The highest BCUT2D eigenvalue weighted by Crippen LogP contribution is 2.03. The molecule has 0 rings (SSSR count). The monoisotopic (exact) mass is 335 g/mol. The van der Waals surface area contributed by atoms with E-state index in [-0.39, 0.29) is 11.7 Å². The van der Waals surface area contributed by atoms with Crippen molar-refractivity contribution in [1.29, 1.82) is 0 Å². The molecule has 8 nitrogen and oxygen atoms in total. The molecule has 9 heteroatoms. The van der Waals surface area contributed by atoms with Crippen molar-refractivity contribution >= 4 is 29.6 Å². The summed E-state index contributed by atoms with van der Waals surface area (Å²) in [7, 11) is 3.17. The van der Waals surface area contributed by atoms with Gasteiger partial charge in [0.15, 0.2) is 0 Å². The van der Waals surface area contributed by atoms with Crippen molar-refractivity contribution in [2.75, 3.05) is 32.1 Å². The summed E-state index contributed by atoms with van der Waals surface area (Å²) in [5.74, 6) is -1.43. The van der Waals surface area contributed by atoms with Gasteiger partial charge in [-0.3, -0.25) is 14.4 Å². The highest BCUT2D eigenvalue weighted by atomic mass is 32.2. The Hall–Kier alpha value is -1.32. The van der Waals surface area contributed by atoms with Gasteiger partial charge in [-0.05, 0) is 33.4 Å². The molecule has 0 radical (unpaired) electrons. The van der Waals surface area contributed by atoms with Gasteiger partial charge in [0.1, 0.15) is 12.1 Å². The van der Waals surface area contributed by atoms with Gasteiger partial charge in [0.05, 0.1) is 5.75 Å². The quantitative estimate of drug-likeness (QED) is 0.281. The van der Waals surface area contributed by atoms with Crippen LogP contribution in [-0.4, -0.2) is 72.3 Å². The number of aliphatic carboxylic acids is 2. The van der Waals surface area contributed by atoms with Crippen molar-refractivity contribution < 1.29 is 24.6 Å². The SMILES string of the molecule is CN[C@@H](CCCCNC(=O)CSC[C@H](NC)C(=O)O)C(=O)O. The first-order chi connectivity index (χ1) is 10.4. The van der Waals surface area contributed by atoms with Gasteiger partial charge in [0.2, 0.25) is 5.91 Å². The van der Waals surface area contributed by atoms with E-state index in [2.05, 4.69) is 16.0 Å². The number of rotatable bonds is 13. The van der Waals surface area contributed by atoms with Crippen LogP contribution in [0.5, 0.6) is 0 Å². The predicted molar refractivity (Wildman–Crippen MR) is 85.2 cm³/mol. The van der Waals surface area contributed by atoms with Crippen molar-refractivity contribution in [2.45, 2.75) is 31.3 Å². The Bertz CT molecular complexity index is 368. The number of carbonyl (C=O) groups is 3. The van der Waals surface area contributed by atoms with E-state index in [1.807, 2.05) is 0 Å². The molecule has 0 saturated carbocycles. The summed E-state index contributed by atoms with van der Waals surface area (Å²) in [6.45, 7) is 0.490. The second-order valence-electron chi connectivity index (χ2n) is 4.72. The molecule has 0 aliphatic rings. The zero-order valence-corrected chi connectivity index (χ0v) is 13.7. The van der Waals surface area contributed by atoms with Crippen molar-refractivity contribution in [2.24, 2.45) is 0 Å². The third-order valence-corrected chi connectivity index (χ3v) is 4.09. The maximum absolute atomic E-state index is 11.5. The summed E-state index contributed by atoms with van der Waals surface area (Å²) in [4.78, 5) is 33.1. The van der Waals surface area contributed by atoms with Crippen molar-refractivity contribution in [3.8, 4) is 0 Å². The molecule has 1 amide bonds. The Morgan fingerprint density at radius 1 is 1.00 bits per heavy atom. The fourth-order valence-corrected chi connectivity index (χ4v) is 2.64. The summed E-state index contributed by atoms with van der Waals surface area (Å²) in [5.41, 5.74) is 0. The standard InChI is InChI=1S/C13H25N3O5S/c1-14-9(12(18)19)5-3-4-6-16-11(17)8-22-7-10(15-2)13(20)21/h9-10,14-15H,3-8H2,1-2H3,(H,16,17)(H,18,19)(H,20,21)/t9-,10-/m0/s1. The first-order valence-electron chi connectivity index (χ1n) is 7.07. The summed E-state index contributed by atoms with van der Waals surface area (Å²) >= 11 is 1.26. The van der Waals surface area contributed by atoms with Gasteiger partial charge in [0.25, 0.3) is 0 Å². The zero-order chi connectivity index (χ0) is 17.0. The molecule has 5 N–H and O–H groups in total. The number of amides is 1. The van der Waals surface area contributed by atoms with Crippen LogP contribution in [-0.2, 0) is 14.4 Å². The minimum absolute atomic E-state index is 0.145. The lowest BCUT2D eigenvalue weighted by Crippen LogP contribution is -2.36. The van der Waals surface area contributed by atoms with Crippen molar-refractivity contribution in [1.82, 2.24) is 16.0 Å². The number of carboxylic acid groups (broad SMARTS) is 2. The second kappa shape index (κ2) is 12.2. The third kappa shape index (κ3) is 9.59. The Labute approximate surface area is 134 Å². The van der Waals surface area contributed by atoms with E-state index in [0.717, 1.165) is 0 Å². The highest BCUT2D eigenvalue weighted by Gasteiger charge is 2.15. The molecular weight excluding hydrogens is 310 g/mol. The van der Waals surface area contributed by atoms with Crippen LogP contribution in [0.1, 0.15) is 19.3 Å². The molecule has 0 aliphatic heterocycles. The topological polar surface area (TPSA) is 128 Å². The fourth-order valence-electron chi connectivity index (χ4n) is 1.69. The Morgan fingerprint density at radius 3 is 2.09 bits per heavy atom. The van der Waals surface area contributed by atoms with Crippen molar-refractivity contribution in [3.05, 3.63) is 0 Å². The number of carbonyl (C=O) groups excluding carboxylic acids is 1. The second-order valence-corrected chi connectivity index (χ2v) is 5.75. The Morgan fingerprint density at radius 2 is 1.59 bits per heavy atom. The van der Waals surface area contributed by atoms with Gasteiger partial charge in [-0.15, -0.1) is 11.8 Å². The molecule has 0 spiro atoms. The van der Waals surface area contributed by atoms with Gasteiger partial charge < -0.3 is 26.2 Å². The fraction of sp³-hybridized carbons (Fsp3) is 0.769. The number of unbranched alkanes of at least 4 members (excludes halogenated alkanes) is 1. The Balaban J connectivity index is 3.66. The van der Waals surface area contributed by atoms with E-state index >= 15 is 0 Å². The van der Waals surface area contributed by atoms with Crippen LogP contribution in [0.25, 0.3) is 0 Å². The lowest BCUT2D eigenvalue weighted by molar-refractivity contribution is -0.140. The molecule has 128 valence electrons.